The largest absolute Gasteiger partial charge is 0.385 e. The molecule has 0 saturated heterocycles. The molecule has 0 radical (unpaired) electrons. The molecule has 2 nitrogen and oxygen atoms in total. The molecule has 2 aliphatic rings. The Labute approximate surface area is 91.1 Å². The fourth-order valence-corrected chi connectivity index (χ4v) is 2.29. The van der Waals surface area contributed by atoms with E-state index in [0.717, 1.165) is 19.1 Å². The zero-order valence-corrected chi connectivity index (χ0v) is 9.05. The molecular formula is C13H18N2. The standard InChI is InChI=1S/C13H18N2/c1-3-10(9-15-11-6-7-11)12-4-2-8-14-13(12)5-1/h1,3,5,11,14-15H,2,4,6-9H2. The Morgan fingerprint density at radius 2 is 2.27 bits per heavy atom. The summed E-state index contributed by atoms with van der Waals surface area (Å²) in [6, 6.07) is 7.44. The van der Waals surface area contributed by atoms with Gasteiger partial charge in [-0.1, -0.05) is 12.1 Å². The van der Waals surface area contributed by atoms with E-state index in [1.807, 2.05) is 0 Å². The fraction of sp³-hybridized carbons (Fsp3) is 0.538. The molecule has 15 heavy (non-hydrogen) atoms. The van der Waals surface area contributed by atoms with Gasteiger partial charge in [0.1, 0.15) is 0 Å². The minimum absolute atomic E-state index is 0.803. The van der Waals surface area contributed by atoms with Gasteiger partial charge in [0, 0.05) is 24.8 Å². The van der Waals surface area contributed by atoms with E-state index in [1.165, 1.54) is 42.5 Å². The second-order valence-corrected chi connectivity index (χ2v) is 4.63. The lowest BCUT2D eigenvalue weighted by Crippen LogP contribution is -2.19. The maximum atomic E-state index is 3.60. The Hall–Kier alpha value is -1.02. The number of fused-ring (bicyclic) bond motifs is 1. The van der Waals surface area contributed by atoms with Crippen molar-refractivity contribution in [3.05, 3.63) is 29.3 Å². The van der Waals surface area contributed by atoms with Gasteiger partial charge in [0.2, 0.25) is 0 Å². The summed E-state index contributed by atoms with van der Waals surface area (Å²) in [5.41, 5.74) is 4.39. The van der Waals surface area contributed by atoms with Crippen LogP contribution in [-0.2, 0) is 13.0 Å². The lowest BCUT2D eigenvalue weighted by Gasteiger charge is -2.21. The summed E-state index contributed by atoms with van der Waals surface area (Å²) < 4.78 is 0. The normalized spacial score (nSPS) is 19.5. The monoisotopic (exact) mass is 202 g/mol. The molecule has 0 bridgehead atoms. The molecule has 1 aromatic rings. The van der Waals surface area contributed by atoms with E-state index in [-0.39, 0.29) is 0 Å². The van der Waals surface area contributed by atoms with Gasteiger partial charge in [-0.05, 0) is 42.9 Å². The molecule has 0 spiro atoms. The average molecular weight is 202 g/mol. The molecular weight excluding hydrogens is 184 g/mol. The molecule has 0 aromatic heterocycles. The Bertz CT molecular complexity index is 356. The third kappa shape index (κ3) is 2.00. The van der Waals surface area contributed by atoms with Crippen LogP contribution in [0.3, 0.4) is 0 Å². The highest BCUT2D eigenvalue weighted by Crippen LogP contribution is 2.26. The van der Waals surface area contributed by atoms with Crippen molar-refractivity contribution in [3.63, 3.8) is 0 Å². The second-order valence-electron chi connectivity index (χ2n) is 4.63. The molecule has 1 aromatic carbocycles. The van der Waals surface area contributed by atoms with Gasteiger partial charge in [-0.15, -0.1) is 0 Å². The number of rotatable bonds is 3. The Kier molecular flexibility index (Phi) is 2.37. The van der Waals surface area contributed by atoms with Crippen molar-refractivity contribution in [3.8, 4) is 0 Å². The third-order valence-electron chi connectivity index (χ3n) is 3.35. The van der Waals surface area contributed by atoms with Crippen molar-refractivity contribution in [1.29, 1.82) is 0 Å². The van der Waals surface area contributed by atoms with Crippen LogP contribution in [0.4, 0.5) is 5.69 Å². The predicted molar refractivity (Wildman–Crippen MR) is 63.1 cm³/mol. The lowest BCUT2D eigenvalue weighted by molar-refractivity contribution is 0.677. The van der Waals surface area contributed by atoms with Crippen LogP contribution in [0.25, 0.3) is 0 Å². The first-order valence-electron chi connectivity index (χ1n) is 6.01. The summed E-state index contributed by atoms with van der Waals surface area (Å²) in [5, 5.41) is 7.07. The van der Waals surface area contributed by atoms with Gasteiger partial charge in [0.15, 0.2) is 0 Å². The van der Waals surface area contributed by atoms with Crippen molar-refractivity contribution >= 4 is 5.69 Å². The third-order valence-corrected chi connectivity index (χ3v) is 3.35. The number of nitrogens with one attached hydrogen (secondary N) is 2. The van der Waals surface area contributed by atoms with Crippen molar-refractivity contribution in [1.82, 2.24) is 5.32 Å². The lowest BCUT2D eigenvalue weighted by atomic mass is 9.97. The summed E-state index contributed by atoms with van der Waals surface area (Å²) in [6.07, 6.45) is 5.25. The molecule has 1 heterocycles. The highest BCUT2D eigenvalue weighted by Gasteiger charge is 2.21. The summed E-state index contributed by atoms with van der Waals surface area (Å²) >= 11 is 0. The molecule has 2 N–H and O–H groups in total. The SMILES string of the molecule is c1cc(CNC2CC2)c2c(c1)NCCC2. The van der Waals surface area contributed by atoms with Gasteiger partial charge in [-0.25, -0.2) is 0 Å². The van der Waals surface area contributed by atoms with Gasteiger partial charge in [-0.2, -0.15) is 0 Å². The summed E-state index contributed by atoms with van der Waals surface area (Å²) in [5.74, 6) is 0. The number of hydrogen-bond acceptors (Lipinski definition) is 2. The van der Waals surface area contributed by atoms with Crippen LogP contribution in [-0.4, -0.2) is 12.6 Å². The minimum atomic E-state index is 0.803. The Balaban J connectivity index is 1.79. The van der Waals surface area contributed by atoms with Crippen LogP contribution in [0.1, 0.15) is 30.4 Å². The maximum Gasteiger partial charge on any atom is 0.0375 e. The van der Waals surface area contributed by atoms with E-state index < -0.39 is 0 Å². The highest BCUT2D eigenvalue weighted by molar-refractivity contribution is 5.56. The Morgan fingerprint density at radius 1 is 1.33 bits per heavy atom. The zero-order valence-electron chi connectivity index (χ0n) is 9.05. The summed E-state index contributed by atoms with van der Waals surface area (Å²) in [4.78, 5) is 0. The molecule has 0 atom stereocenters. The summed E-state index contributed by atoms with van der Waals surface area (Å²) in [7, 11) is 0. The predicted octanol–water partition coefficient (Wildman–Crippen LogP) is 2.30. The number of benzene rings is 1. The first-order valence-corrected chi connectivity index (χ1v) is 6.01. The number of hydrogen-bond donors (Lipinski definition) is 2. The van der Waals surface area contributed by atoms with Gasteiger partial charge >= 0.3 is 0 Å². The van der Waals surface area contributed by atoms with Crippen LogP contribution < -0.4 is 10.6 Å². The van der Waals surface area contributed by atoms with E-state index >= 15 is 0 Å². The average Bonchev–Trinajstić information content (AvgIpc) is 3.10. The second kappa shape index (κ2) is 3.86. The topological polar surface area (TPSA) is 24.1 Å². The molecule has 1 aliphatic heterocycles. The van der Waals surface area contributed by atoms with Gasteiger partial charge in [0.25, 0.3) is 0 Å². The van der Waals surface area contributed by atoms with Crippen molar-refractivity contribution in [2.75, 3.05) is 11.9 Å². The molecule has 3 rings (SSSR count). The molecule has 0 amide bonds. The molecule has 80 valence electrons. The van der Waals surface area contributed by atoms with Crippen LogP contribution in [0.5, 0.6) is 0 Å². The van der Waals surface area contributed by atoms with E-state index in [0.29, 0.717) is 0 Å². The molecule has 2 heteroatoms. The fourth-order valence-electron chi connectivity index (χ4n) is 2.29. The van der Waals surface area contributed by atoms with Crippen molar-refractivity contribution in [2.24, 2.45) is 0 Å². The first-order chi connectivity index (χ1) is 7.43. The van der Waals surface area contributed by atoms with Crippen LogP contribution >= 0.6 is 0 Å². The van der Waals surface area contributed by atoms with Gasteiger partial charge in [-0.3, -0.25) is 0 Å². The van der Waals surface area contributed by atoms with E-state index in [2.05, 4.69) is 28.8 Å². The minimum Gasteiger partial charge on any atom is -0.385 e. The smallest absolute Gasteiger partial charge is 0.0375 e. The van der Waals surface area contributed by atoms with Crippen molar-refractivity contribution in [2.45, 2.75) is 38.3 Å². The summed E-state index contributed by atoms with van der Waals surface area (Å²) in [6.45, 7) is 2.18. The zero-order chi connectivity index (χ0) is 10.1. The maximum absolute atomic E-state index is 3.60. The van der Waals surface area contributed by atoms with Crippen molar-refractivity contribution < 1.29 is 0 Å². The van der Waals surface area contributed by atoms with Crippen LogP contribution in [0.2, 0.25) is 0 Å². The van der Waals surface area contributed by atoms with E-state index in [1.54, 1.807) is 0 Å². The quantitative estimate of drug-likeness (QED) is 0.786. The van der Waals surface area contributed by atoms with Gasteiger partial charge in [0.05, 0.1) is 0 Å². The molecule has 1 saturated carbocycles. The Morgan fingerprint density at radius 3 is 3.13 bits per heavy atom. The molecule has 1 aliphatic carbocycles. The van der Waals surface area contributed by atoms with Gasteiger partial charge < -0.3 is 10.6 Å². The van der Waals surface area contributed by atoms with Crippen LogP contribution in [0, 0.1) is 0 Å². The molecule has 0 unspecified atom stereocenters. The number of anilines is 1. The highest BCUT2D eigenvalue weighted by atomic mass is 14.9. The first kappa shape index (κ1) is 9.22. The van der Waals surface area contributed by atoms with Crippen LogP contribution in [0.15, 0.2) is 18.2 Å². The van der Waals surface area contributed by atoms with E-state index in [4.69, 9.17) is 0 Å². The molecule has 1 fully saturated rings. The van der Waals surface area contributed by atoms with E-state index in [9.17, 15) is 0 Å².